The Labute approximate surface area is 166 Å². The SMILES string of the molecule is CCC(C)NC(=O)c1ccc(NC(=O)CNc2ccccc2OC(C)C)cc1. The average Bonchev–Trinajstić information content (AvgIpc) is 2.67. The summed E-state index contributed by atoms with van der Waals surface area (Å²) in [6, 6.07) is 14.5. The van der Waals surface area contributed by atoms with Crippen molar-refractivity contribution in [2.45, 2.75) is 46.3 Å². The van der Waals surface area contributed by atoms with Crippen molar-refractivity contribution in [3.63, 3.8) is 0 Å². The lowest BCUT2D eigenvalue weighted by molar-refractivity contribution is -0.114. The van der Waals surface area contributed by atoms with E-state index in [4.69, 9.17) is 4.74 Å². The van der Waals surface area contributed by atoms with Gasteiger partial charge in [0.2, 0.25) is 5.91 Å². The number of benzene rings is 2. The monoisotopic (exact) mass is 383 g/mol. The normalized spacial score (nSPS) is 11.6. The second kappa shape index (κ2) is 10.3. The summed E-state index contributed by atoms with van der Waals surface area (Å²) in [7, 11) is 0. The molecule has 0 fully saturated rings. The number of anilines is 2. The van der Waals surface area contributed by atoms with Crippen LogP contribution in [0.25, 0.3) is 0 Å². The zero-order valence-electron chi connectivity index (χ0n) is 16.9. The molecule has 3 N–H and O–H groups in total. The summed E-state index contributed by atoms with van der Waals surface area (Å²) in [6.07, 6.45) is 0.922. The highest BCUT2D eigenvalue weighted by Gasteiger charge is 2.10. The summed E-state index contributed by atoms with van der Waals surface area (Å²) in [5.74, 6) is 0.411. The highest BCUT2D eigenvalue weighted by molar-refractivity contribution is 5.96. The minimum atomic E-state index is -0.184. The Kier molecular flexibility index (Phi) is 7.87. The molecule has 0 heterocycles. The molecular formula is C22H29N3O3. The first-order chi connectivity index (χ1) is 13.4. The molecule has 0 radical (unpaired) electrons. The van der Waals surface area contributed by atoms with Crippen LogP contribution in [0.5, 0.6) is 5.75 Å². The fourth-order valence-electron chi connectivity index (χ4n) is 2.46. The Morgan fingerprint density at radius 2 is 1.68 bits per heavy atom. The predicted octanol–water partition coefficient (Wildman–Crippen LogP) is 4.05. The predicted molar refractivity (Wildman–Crippen MR) is 113 cm³/mol. The summed E-state index contributed by atoms with van der Waals surface area (Å²) in [6.45, 7) is 8.00. The van der Waals surface area contributed by atoms with E-state index in [2.05, 4.69) is 16.0 Å². The van der Waals surface area contributed by atoms with E-state index in [1.54, 1.807) is 24.3 Å². The van der Waals surface area contributed by atoms with E-state index in [1.165, 1.54) is 0 Å². The van der Waals surface area contributed by atoms with Crippen molar-refractivity contribution in [1.82, 2.24) is 5.32 Å². The van der Waals surface area contributed by atoms with Crippen LogP contribution in [0.3, 0.4) is 0 Å². The van der Waals surface area contributed by atoms with Gasteiger partial charge >= 0.3 is 0 Å². The van der Waals surface area contributed by atoms with Crippen molar-refractivity contribution in [2.24, 2.45) is 0 Å². The molecule has 0 saturated heterocycles. The number of carbonyl (C=O) groups excluding carboxylic acids is 2. The smallest absolute Gasteiger partial charge is 0.251 e. The van der Waals surface area contributed by atoms with Gasteiger partial charge in [-0.2, -0.15) is 0 Å². The minimum absolute atomic E-state index is 0.0489. The lowest BCUT2D eigenvalue weighted by Gasteiger charge is -2.15. The van der Waals surface area contributed by atoms with Crippen LogP contribution in [0.2, 0.25) is 0 Å². The summed E-state index contributed by atoms with van der Waals surface area (Å²) >= 11 is 0. The van der Waals surface area contributed by atoms with Crippen LogP contribution >= 0.6 is 0 Å². The maximum atomic E-state index is 12.2. The Morgan fingerprint density at radius 3 is 2.32 bits per heavy atom. The van der Waals surface area contributed by atoms with E-state index in [1.807, 2.05) is 52.0 Å². The number of carbonyl (C=O) groups is 2. The van der Waals surface area contributed by atoms with Crippen molar-refractivity contribution in [3.05, 3.63) is 54.1 Å². The van der Waals surface area contributed by atoms with Crippen molar-refractivity contribution in [3.8, 4) is 5.75 Å². The largest absolute Gasteiger partial charge is 0.489 e. The highest BCUT2D eigenvalue weighted by atomic mass is 16.5. The zero-order valence-corrected chi connectivity index (χ0v) is 16.9. The number of para-hydroxylation sites is 2. The third kappa shape index (κ3) is 6.61. The van der Waals surface area contributed by atoms with Gasteiger partial charge in [-0.3, -0.25) is 9.59 Å². The van der Waals surface area contributed by atoms with Crippen LogP contribution in [0.1, 0.15) is 44.5 Å². The van der Waals surface area contributed by atoms with Gasteiger partial charge in [-0.25, -0.2) is 0 Å². The maximum Gasteiger partial charge on any atom is 0.251 e. The van der Waals surface area contributed by atoms with Crippen molar-refractivity contribution in [1.29, 1.82) is 0 Å². The van der Waals surface area contributed by atoms with Gasteiger partial charge in [0, 0.05) is 17.3 Å². The maximum absolute atomic E-state index is 12.2. The molecule has 6 heteroatoms. The first-order valence-corrected chi connectivity index (χ1v) is 9.59. The van der Waals surface area contributed by atoms with E-state index in [0.717, 1.165) is 12.1 Å². The fraction of sp³-hybridized carbons (Fsp3) is 0.364. The molecule has 2 aromatic rings. The number of nitrogens with one attached hydrogen (secondary N) is 3. The number of rotatable bonds is 9. The van der Waals surface area contributed by atoms with E-state index in [9.17, 15) is 9.59 Å². The molecule has 0 aliphatic rings. The standard InChI is InChI=1S/C22H29N3O3/c1-5-16(4)24-22(27)17-10-12-18(13-11-17)25-21(26)14-23-19-8-6-7-9-20(19)28-15(2)3/h6-13,15-16,23H,5,14H2,1-4H3,(H,24,27)(H,25,26). The van der Waals surface area contributed by atoms with Crippen LogP contribution in [0.4, 0.5) is 11.4 Å². The Bertz CT molecular complexity index is 788. The molecule has 2 amide bonds. The Balaban J connectivity index is 1.89. The molecular weight excluding hydrogens is 354 g/mol. The quantitative estimate of drug-likeness (QED) is 0.610. The number of amides is 2. The van der Waals surface area contributed by atoms with E-state index >= 15 is 0 Å². The number of ether oxygens (including phenoxy) is 1. The van der Waals surface area contributed by atoms with Gasteiger partial charge in [0.1, 0.15) is 5.75 Å². The van der Waals surface area contributed by atoms with Crippen molar-refractivity contribution < 1.29 is 14.3 Å². The minimum Gasteiger partial charge on any atom is -0.489 e. The molecule has 150 valence electrons. The van der Waals surface area contributed by atoms with Crippen molar-refractivity contribution >= 4 is 23.2 Å². The van der Waals surface area contributed by atoms with E-state index < -0.39 is 0 Å². The number of hydrogen-bond acceptors (Lipinski definition) is 4. The molecule has 28 heavy (non-hydrogen) atoms. The van der Waals surface area contributed by atoms with Crippen LogP contribution in [-0.4, -0.2) is 30.5 Å². The summed E-state index contributed by atoms with van der Waals surface area (Å²) in [5, 5.41) is 8.83. The summed E-state index contributed by atoms with van der Waals surface area (Å²) in [4.78, 5) is 24.3. The average molecular weight is 383 g/mol. The van der Waals surface area contributed by atoms with Crippen molar-refractivity contribution in [2.75, 3.05) is 17.2 Å². The van der Waals surface area contributed by atoms with Gasteiger partial charge < -0.3 is 20.7 Å². The molecule has 0 bridgehead atoms. The topological polar surface area (TPSA) is 79.5 Å². The third-order valence-electron chi connectivity index (χ3n) is 4.11. The molecule has 0 aliphatic carbocycles. The van der Waals surface area contributed by atoms with Gasteiger partial charge in [-0.1, -0.05) is 19.1 Å². The first kappa shape index (κ1) is 21.3. The van der Waals surface area contributed by atoms with Gasteiger partial charge in [-0.15, -0.1) is 0 Å². The molecule has 2 aromatic carbocycles. The molecule has 2 rings (SSSR count). The van der Waals surface area contributed by atoms with Gasteiger partial charge in [0.05, 0.1) is 18.3 Å². The lowest BCUT2D eigenvalue weighted by atomic mass is 10.1. The molecule has 0 spiro atoms. The number of hydrogen-bond donors (Lipinski definition) is 3. The third-order valence-corrected chi connectivity index (χ3v) is 4.11. The second-order valence-electron chi connectivity index (χ2n) is 6.92. The molecule has 6 nitrogen and oxygen atoms in total. The molecule has 0 aromatic heterocycles. The van der Waals surface area contributed by atoms with Crippen LogP contribution in [0.15, 0.2) is 48.5 Å². The van der Waals surface area contributed by atoms with Crippen LogP contribution in [0, 0.1) is 0 Å². The summed E-state index contributed by atoms with van der Waals surface area (Å²) in [5.41, 5.74) is 1.97. The lowest BCUT2D eigenvalue weighted by Crippen LogP contribution is -2.31. The molecule has 0 saturated carbocycles. The van der Waals surface area contributed by atoms with E-state index in [-0.39, 0.29) is 30.5 Å². The van der Waals surface area contributed by atoms with Gasteiger partial charge in [0.15, 0.2) is 0 Å². The van der Waals surface area contributed by atoms with Crippen LogP contribution < -0.4 is 20.7 Å². The van der Waals surface area contributed by atoms with Gasteiger partial charge in [-0.05, 0) is 63.6 Å². The second-order valence-corrected chi connectivity index (χ2v) is 6.92. The van der Waals surface area contributed by atoms with E-state index in [0.29, 0.717) is 17.0 Å². The molecule has 0 aliphatic heterocycles. The highest BCUT2D eigenvalue weighted by Crippen LogP contribution is 2.24. The Hall–Kier alpha value is -3.02. The summed E-state index contributed by atoms with van der Waals surface area (Å²) < 4.78 is 5.73. The zero-order chi connectivity index (χ0) is 20.5. The fourth-order valence-corrected chi connectivity index (χ4v) is 2.46. The first-order valence-electron chi connectivity index (χ1n) is 9.59. The van der Waals surface area contributed by atoms with Gasteiger partial charge in [0.25, 0.3) is 5.91 Å². The van der Waals surface area contributed by atoms with Crippen LogP contribution in [-0.2, 0) is 4.79 Å². The molecule has 1 unspecified atom stereocenters. The Morgan fingerprint density at radius 1 is 1.00 bits per heavy atom. The molecule has 1 atom stereocenters.